The van der Waals surface area contributed by atoms with Crippen LogP contribution in [0.3, 0.4) is 0 Å². The monoisotopic (exact) mass is 339 g/mol. The number of fused-ring (bicyclic) bond motifs is 1. The molecule has 0 saturated carbocycles. The molecule has 0 saturated heterocycles. The quantitative estimate of drug-likeness (QED) is 0.537. The van der Waals surface area contributed by atoms with Gasteiger partial charge in [-0.05, 0) is 41.0 Å². The first-order valence-corrected chi connectivity index (χ1v) is 8.35. The molecular weight excluding hydrogens is 325 g/mol. The maximum atomic E-state index is 6.24. The summed E-state index contributed by atoms with van der Waals surface area (Å²) in [6.07, 6.45) is 7.43. The molecule has 3 heteroatoms. The van der Waals surface area contributed by atoms with E-state index in [-0.39, 0.29) is 5.92 Å². The summed E-state index contributed by atoms with van der Waals surface area (Å²) in [6.45, 7) is 0. The van der Waals surface area contributed by atoms with Crippen LogP contribution in [0.2, 0.25) is 10.0 Å². The van der Waals surface area contributed by atoms with Crippen molar-refractivity contribution in [2.45, 2.75) is 12.3 Å². The third kappa shape index (κ3) is 2.71. The zero-order valence-corrected chi connectivity index (χ0v) is 13.9. The van der Waals surface area contributed by atoms with E-state index in [0.29, 0.717) is 10.0 Å². The Balaban J connectivity index is 1.86. The van der Waals surface area contributed by atoms with E-state index in [0.717, 1.165) is 12.0 Å². The summed E-state index contributed by atoms with van der Waals surface area (Å²) in [4.78, 5) is 0. The summed E-state index contributed by atoms with van der Waals surface area (Å²) >= 11 is 12.3. The highest BCUT2D eigenvalue weighted by Gasteiger charge is 2.22. The topological polar surface area (TPSA) is 4.93 Å². The molecule has 2 aromatic carbocycles. The van der Waals surface area contributed by atoms with Crippen LogP contribution < -0.4 is 0 Å². The van der Waals surface area contributed by atoms with Gasteiger partial charge in [0, 0.05) is 30.4 Å². The van der Waals surface area contributed by atoms with Crippen LogP contribution in [0.5, 0.6) is 0 Å². The molecule has 0 radical (unpaired) electrons. The normalized spacial score (nSPS) is 16.8. The summed E-state index contributed by atoms with van der Waals surface area (Å²) in [5, 5.41) is 1.19. The highest BCUT2D eigenvalue weighted by molar-refractivity contribution is 6.42. The van der Waals surface area contributed by atoms with Gasteiger partial charge in [-0.15, -0.1) is 0 Å². The smallest absolute Gasteiger partial charge is 0.0595 e. The number of halogens is 2. The second kappa shape index (κ2) is 5.92. The molecule has 0 aliphatic heterocycles. The molecule has 1 aliphatic carbocycles. The third-order valence-corrected chi connectivity index (χ3v) is 5.10. The minimum absolute atomic E-state index is 0.187. The van der Waals surface area contributed by atoms with E-state index >= 15 is 0 Å². The minimum atomic E-state index is 0.187. The van der Waals surface area contributed by atoms with Crippen LogP contribution in [-0.2, 0) is 6.42 Å². The first-order chi connectivity index (χ1) is 11.2. The highest BCUT2D eigenvalue weighted by atomic mass is 35.5. The van der Waals surface area contributed by atoms with Crippen molar-refractivity contribution in [3.8, 4) is 0 Å². The fourth-order valence-electron chi connectivity index (χ4n) is 3.22. The lowest BCUT2D eigenvalue weighted by Crippen LogP contribution is -2.12. The average Bonchev–Trinajstić information content (AvgIpc) is 3.11. The minimum Gasteiger partial charge on any atom is -0.328 e. The predicted molar refractivity (Wildman–Crippen MR) is 97.2 cm³/mol. The van der Waals surface area contributed by atoms with Gasteiger partial charge < -0.3 is 4.57 Å². The van der Waals surface area contributed by atoms with Gasteiger partial charge in [0.05, 0.1) is 10.0 Å². The Morgan fingerprint density at radius 1 is 0.870 bits per heavy atom. The van der Waals surface area contributed by atoms with Crippen LogP contribution in [0.1, 0.15) is 22.6 Å². The number of rotatable bonds is 2. The third-order valence-electron chi connectivity index (χ3n) is 4.36. The molecule has 0 spiro atoms. The number of aromatic nitrogens is 1. The zero-order valence-electron chi connectivity index (χ0n) is 12.4. The molecule has 0 bridgehead atoms. The lowest BCUT2D eigenvalue weighted by Gasteiger charge is -2.26. The van der Waals surface area contributed by atoms with Crippen molar-refractivity contribution in [3.63, 3.8) is 0 Å². The highest BCUT2D eigenvalue weighted by Crippen LogP contribution is 2.38. The average molecular weight is 340 g/mol. The fourth-order valence-corrected chi connectivity index (χ4v) is 3.53. The molecule has 4 rings (SSSR count). The first-order valence-electron chi connectivity index (χ1n) is 7.59. The second-order valence-electron chi connectivity index (χ2n) is 5.78. The van der Waals surface area contributed by atoms with E-state index in [1.54, 1.807) is 0 Å². The first kappa shape index (κ1) is 14.6. The van der Waals surface area contributed by atoms with E-state index in [9.17, 15) is 0 Å². The summed E-state index contributed by atoms with van der Waals surface area (Å²) in [5.74, 6) is 0.187. The van der Waals surface area contributed by atoms with Crippen molar-refractivity contribution in [2.24, 2.45) is 0 Å². The second-order valence-corrected chi connectivity index (χ2v) is 6.59. The number of benzene rings is 2. The Hall–Kier alpha value is -1.96. The maximum Gasteiger partial charge on any atom is 0.0595 e. The van der Waals surface area contributed by atoms with Crippen molar-refractivity contribution in [1.29, 1.82) is 0 Å². The largest absolute Gasteiger partial charge is 0.328 e. The summed E-state index contributed by atoms with van der Waals surface area (Å²) in [6, 6.07) is 18.6. The van der Waals surface area contributed by atoms with Crippen LogP contribution in [0.15, 0.2) is 73.1 Å². The number of hydrogen-bond donors (Lipinski definition) is 0. The molecule has 1 heterocycles. The van der Waals surface area contributed by atoms with Gasteiger partial charge in [0.2, 0.25) is 0 Å². The Bertz CT molecular complexity index is 878. The molecule has 3 aromatic rings. The molecule has 0 fully saturated rings. The number of hydrogen-bond acceptors (Lipinski definition) is 0. The number of nitrogens with zero attached hydrogens (tertiary/aromatic N) is 1. The maximum absolute atomic E-state index is 6.24. The zero-order chi connectivity index (χ0) is 15.8. The van der Waals surface area contributed by atoms with Gasteiger partial charge in [0.1, 0.15) is 0 Å². The van der Waals surface area contributed by atoms with Crippen LogP contribution in [0.25, 0.3) is 5.70 Å². The molecule has 114 valence electrons. The molecule has 0 amide bonds. The van der Waals surface area contributed by atoms with Crippen LogP contribution >= 0.6 is 23.2 Å². The lowest BCUT2D eigenvalue weighted by molar-refractivity contribution is 0.913. The molecular formula is C20H15Cl2N. The van der Waals surface area contributed by atoms with Gasteiger partial charge in [-0.3, -0.25) is 0 Å². The van der Waals surface area contributed by atoms with E-state index in [2.05, 4.69) is 65.5 Å². The summed E-state index contributed by atoms with van der Waals surface area (Å²) < 4.78 is 2.18. The van der Waals surface area contributed by atoms with Crippen molar-refractivity contribution in [3.05, 3.63) is 99.8 Å². The Morgan fingerprint density at radius 3 is 2.43 bits per heavy atom. The van der Waals surface area contributed by atoms with Crippen LogP contribution in [0, 0.1) is 0 Å². The van der Waals surface area contributed by atoms with Gasteiger partial charge in [0.15, 0.2) is 0 Å². The summed E-state index contributed by atoms with van der Waals surface area (Å²) in [7, 11) is 0. The Labute approximate surface area is 145 Å². The van der Waals surface area contributed by atoms with E-state index < -0.39 is 0 Å². The fraction of sp³-hybridized carbons (Fsp3) is 0.100. The van der Waals surface area contributed by atoms with Crippen molar-refractivity contribution in [2.75, 3.05) is 0 Å². The predicted octanol–water partition coefficient (Wildman–Crippen LogP) is 6.02. The van der Waals surface area contributed by atoms with E-state index in [1.165, 1.54) is 16.8 Å². The lowest BCUT2D eigenvalue weighted by atomic mass is 9.82. The molecule has 1 aliphatic rings. The van der Waals surface area contributed by atoms with Gasteiger partial charge in [-0.25, -0.2) is 0 Å². The molecule has 23 heavy (non-hydrogen) atoms. The van der Waals surface area contributed by atoms with E-state index in [4.69, 9.17) is 23.2 Å². The molecule has 1 unspecified atom stereocenters. The van der Waals surface area contributed by atoms with Gasteiger partial charge in [-0.2, -0.15) is 0 Å². The standard InChI is InChI=1S/C20H15Cl2N/c21-19-8-7-15(12-20(19)22)18-13-16(23-9-3-4-10-23)11-14-5-1-2-6-17(14)18/h1-10,12-13,18H,11H2. The molecule has 1 atom stereocenters. The van der Waals surface area contributed by atoms with Gasteiger partial charge in [-0.1, -0.05) is 59.6 Å². The van der Waals surface area contributed by atoms with Crippen LogP contribution in [0.4, 0.5) is 0 Å². The molecule has 1 nitrogen and oxygen atoms in total. The summed E-state index contributed by atoms with van der Waals surface area (Å²) in [5.41, 5.74) is 5.14. The van der Waals surface area contributed by atoms with Gasteiger partial charge >= 0.3 is 0 Å². The molecule has 1 aromatic heterocycles. The Kier molecular flexibility index (Phi) is 3.76. The Morgan fingerprint density at radius 2 is 1.65 bits per heavy atom. The van der Waals surface area contributed by atoms with E-state index in [1.807, 2.05) is 12.1 Å². The van der Waals surface area contributed by atoms with Crippen molar-refractivity contribution < 1.29 is 0 Å². The molecule has 0 N–H and O–H groups in total. The van der Waals surface area contributed by atoms with Gasteiger partial charge in [0.25, 0.3) is 0 Å². The van der Waals surface area contributed by atoms with Crippen LogP contribution in [-0.4, -0.2) is 4.57 Å². The van der Waals surface area contributed by atoms with Crippen molar-refractivity contribution in [1.82, 2.24) is 4.57 Å². The number of allylic oxidation sites excluding steroid dienone is 2. The van der Waals surface area contributed by atoms with Crippen molar-refractivity contribution >= 4 is 28.9 Å². The SMILES string of the molecule is Clc1ccc(C2C=C(n3cccc3)Cc3ccccc32)cc1Cl.